The van der Waals surface area contributed by atoms with Gasteiger partial charge in [0.2, 0.25) is 0 Å². The Balaban J connectivity index is 1.53. The average Bonchev–Trinajstić information content (AvgIpc) is 3.25. The highest BCUT2D eigenvalue weighted by Crippen LogP contribution is 2.34. The van der Waals surface area contributed by atoms with Gasteiger partial charge in [0.1, 0.15) is 0 Å². The minimum atomic E-state index is 0.750. The molecule has 0 unspecified atom stereocenters. The lowest BCUT2D eigenvalue weighted by molar-refractivity contribution is 0.578. The topological polar surface area (TPSA) is 48.7 Å². The van der Waals surface area contributed by atoms with E-state index in [4.69, 9.17) is 4.98 Å². The Kier molecular flexibility index (Phi) is 5.20. The van der Waals surface area contributed by atoms with Crippen LogP contribution in [0.5, 0.6) is 0 Å². The molecule has 1 aliphatic heterocycles. The van der Waals surface area contributed by atoms with Crippen molar-refractivity contribution in [2.75, 3.05) is 42.3 Å². The largest absolute Gasteiger partial charge is 0.378 e. The van der Waals surface area contributed by atoms with Crippen LogP contribution in [0.25, 0.3) is 16.9 Å². The fourth-order valence-electron chi connectivity index (χ4n) is 4.31. The van der Waals surface area contributed by atoms with Gasteiger partial charge in [0.15, 0.2) is 11.5 Å². The zero-order chi connectivity index (χ0) is 21.2. The van der Waals surface area contributed by atoms with Gasteiger partial charge in [0.25, 0.3) is 0 Å². The molecule has 6 heteroatoms. The van der Waals surface area contributed by atoms with Crippen molar-refractivity contribution in [1.82, 2.24) is 14.4 Å². The van der Waals surface area contributed by atoms with Crippen molar-refractivity contribution in [3.63, 3.8) is 0 Å². The van der Waals surface area contributed by atoms with E-state index in [0.29, 0.717) is 0 Å². The zero-order valence-corrected chi connectivity index (χ0v) is 18.1. The first kappa shape index (κ1) is 19.4. The molecule has 158 valence electrons. The van der Waals surface area contributed by atoms with E-state index in [9.17, 15) is 0 Å². The normalized spacial score (nSPS) is 14.1. The van der Waals surface area contributed by atoms with E-state index in [1.807, 2.05) is 44.8 Å². The highest BCUT2D eigenvalue weighted by molar-refractivity contribution is 5.81. The summed E-state index contributed by atoms with van der Waals surface area (Å²) in [5, 5.41) is 3.45. The third-order valence-electron chi connectivity index (χ3n) is 5.93. The quantitative estimate of drug-likeness (QED) is 0.488. The monoisotopic (exact) mass is 412 g/mol. The Labute approximate surface area is 183 Å². The Bertz CT molecular complexity index is 1190. The first-order chi connectivity index (χ1) is 15.2. The van der Waals surface area contributed by atoms with Crippen molar-refractivity contribution in [3.05, 3.63) is 67.1 Å². The molecule has 1 aliphatic rings. The molecule has 1 fully saturated rings. The average molecular weight is 413 g/mol. The molecule has 0 radical (unpaired) electrons. The molecular formula is C25H28N6. The first-order valence-electron chi connectivity index (χ1n) is 10.9. The molecule has 0 aliphatic carbocycles. The number of nitrogens with one attached hydrogen (secondary N) is 1. The number of aromatic nitrogens is 3. The summed E-state index contributed by atoms with van der Waals surface area (Å²) in [5.41, 5.74) is 6.53. The van der Waals surface area contributed by atoms with Crippen LogP contribution < -0.4 is 15.1 Å². The number of nitrogens with zero attached hydrogens (tertiary/aromatic N) is 5. The van der Waals surface area contributed by atoms with Crippen molar-refractivity contribution < 1.29 is 0 Å². The Hall–Kier alpha value is -3.54. The predicted molar refractivity (Wildman–Crippen MR) is 129 cm³/mol. The highest BCUT2D eigenvalue weighted by atomic mass is 15.1. The van der Waals surface area contributed by atoms with Crippen LogP contribution in [-0.2, 0) is 0 Å². The van der Waals surface area contributed by atoms with E-state index in [1.165, 1.54) is 30.5 Å². The van der Waals surface area contributed by atoms with E-state index < -0.39 is 0 Å². The number of imidazole rings is 1. The molecule has 0 spiro atoms. The molecule has 0 saturated carbocycles. The second-order valence-corrected chi connectivity index (χ2v) is 8.25. The molecule has 3 heterocycles. The van der Waals surface area contributed by atoms with Crippen LogP contribution in [-0.4, -0.2) is 41.6 Å². The van der Waals surface area contributed by atoms with Crippen molar-refractivity contribution >= 4 is 28.5 Å². The molecule has 5 rings (SSSR count). The SMILES string of the molecule is CN(C)c1cccc(Nc2nccn3c(-c4ccccc4N4CCCCC4)cnc23)c1. The number of anilines is 4. The third-order valence-corrected chi connectivity index (χ3v) is 5.93. The van der Waals surface area contributed by atoms with E-state index in [-0.39, 0.29) is 0 Å². The lowest BCUT2D eigenvalue weighted by Gasteiger charge is -2.30. The Morgan fingerprint density at radius 2 is 1.77 bits per heavy atom. The fraction of sp³-hybridized carbons (Fsp3) is 0.280. The molecule has 1 N–H and O–H groups in total. The van der Waals surface area contributed by atoms with Crippen LogP contribution in [0.4, 0.5) is 22.9 Å². The van der Waals surface area contributed by atoms with Crippen molar-refractivity contribution in [1.29, 1.82) is 0 Å². The van der Waals surface area contributed by atoms with Crippen molar-refractivity contribution in [3.8, 4) is 11.3 Å². The molecule has 1 saturated heterocycles. The second kappa shape index (κ2) is 8.30. The summed E-state index contributed by atoms with van der Waals surface area (Å²) in [6, 6.07) is 17.0. The Morgan fingerprint density at radius 1 is 0.935 bits per heavy atom. The first-order valence-corrected chi connectivity index (χ1v) is 10.9. The van der Waals surface area contributed by atoms with Gasteiger partial charge in [-0.25, -0.2) is 9.97 Å². The van der Waals surface area contributed by atoms with Crippen LogP contribution in [0.3, 0.4) is 0 Å². The van der Waals surface area contributed by atoms with Gasteiger partial charge in [0.05, 0.1) is 11.9 Å². The minimum absolute atomic E-state index is 0.750. The lowest BCUT2D eigenvalue weighted by Crippen LogP contribution is -2.29. The Morgan fingerprint density at radius 3 is 2.61 bits per heavy atom. The fourth-order valence-corrected chi connectivity index (χ4v) is 4.31. The van der Waals surface area contributed by atoms with Crippen molar-refractivity contribution in [2.24, 2.45) is 0 Å². The van der Waals surface area contributed by atoms with Gasteiger partial charge >= 0.3 is 0 Å². The zero-order valence-electron chi connectivity index (χ0n) is 18.1. The maximum Gasteiger partial charge on any atom is 0.180 e. The summed E-state index contributed by atoms with van der Waals surface area (Å²) >= 11 is 0. The molecular weight excluding hydrogens is 384 g/mol. The predicted octanol–water partition coefficient (Wildman–Crippen LogP) is 5.20. The van der Waals surface area contributed by atoms with E-state index >= 15 is 0 Å². The highest BCUT2D eigenvalue weighted by Gasteiger charge is 2.18. The summed E-state index contributed by atoms with van der Waals surface area (Å²) < 4.78 is 2.13. The molecule has 4 aromatic rings. The van der Waals surface area contributed by atoms with Crippen LogP contribution in [0.2, 0.25) is 0 Å². The minimum Gasteiger partial charge on any atom is -0.378 e. The number of fused-ring (bicyclic) bond motifs is 1. The summed E-state index contributed by atoms with van der Waals surface area (Å²) in [5.74, 6) is 0.750. The summed E-state index contributed by atoms with van der Waals surface area (Å²) in [7, 11) is 4.08. The van der Waals surface area contributed by atoms with Gasteiger partial charge in [-0.2, -0.15) is 0 Å². The molecule has 0 atom stereocenters. The maximum absolute atomic E-state index is 4.74. The maximum atomic E-state index is 4.74. The van der Waals surface area contributed by atoms with Crippen LogP contribution in [0.1, 0.15) is 19.3 Å². The van der Waals surface area contributed by atoms with E-state index in [2.05, 4.69) is 60.9 Å². The molecule has 6 nitrogen and oxygen atoms in total. The number of hydrogen-bond donors (Lipinski definition) is 1. The van der Waals surface area contributed by atoms with Crippen molar-refractivity contribution in [2.45, 2.75) is 19.3 Å². The molecule has 2 aromatic heterocycles. The third kappa shape index (κ3) is 3.81. The van der Waals surface area contributed by atoms with Crippen LogP contribution in [0, 0.1) is 0 Å². The number of benzene rings is 2. The van der Waals surface area contributed by atoms with E-state index in [0.717, 1.165) is 41.6 Å². The molecule has 31 heavy (non-hydrogen) atoms. The number of piperidine rings is 1. The summed E-state index contributed by atoms with van der Waals surface area (Å²) in [6.45, 7) is 2.23. The van der Waals surface area contributed by atoms with Gasteiger partial charge in [-0.3, -0.25) is 4.40 Å². The molecule has 0 bridgehead atoms. The van der Waals surface area contributed by atoms with Gasteiger partial charge in [-0.15, -0.1) is 0 Å². The molecule has 2 aromatic carbocycles. The number of rotatable bonds is 5. The standard InChI is InChI=1S/C25H28N6/c1-29(2)20-10-8-9-19(17-20)28-24-25-27-18-23(31(25)16-13-26-24)21-11-4-5-12-22(21)30-14-6-3-7-15-30/h4-5,8-13,16-18H,3,6-7,14-15H2,1-2H3,(H,26,28). The van der Waals surface area contributed by atoms with Gasteiger partial charge < -0.3 is 15.1 Å². The smallest absolute Gasteiger partial charge is 0.180 e. The second-order valence-electron chi connectivity index (χ2n) is 8.25. The summed E-state index contributed by atoms with van der Waals surface area (Å²) in [4.78, 5) is 13.9. The summed E-state index contributed by atoms with van der Waals surface area (Å²) in [6.07, 6.45) is 9.62. The number of para-hydroxylation sites is 1. The van der Waals surface area contributed by atoms with Gasteiger partial charge in [0, 0.05) is 62.2 Å². The van der Waals surface area contributed by atoms with Gasteiger partial charge in [-0.05, 0) is 43.5 Å². The number of hydrogen-bond acceptors (Lipinski definition) is 5. The molecule has 0 amide bonds. The van der Waals surface area contributed by atoms with E-state index in [1.54, 1.807) is 0 Å². The van der Waals surface area contributed by atoms with Crippen LogP contribution in [0.15, 0.2) is 67.1 Å². The lowest BCUT2D eigenvalue weighted by atomic mass is 10.1. The van der Waals surface area contributed by atoms with Crippen LogP contribution >= 0.6 is 0 Å². The van der Waals surface area contributed by atoms with Gasteiger partial charge in [-0.1, -0.05) is 24.3 Å².